The van der Waals surface area contributed by atoms with Gasteiger partial charge in [-0.15, -0.1) is 0 Å². The summed E-state index contributed by atoms with van der Waals surface area (Å²) in [7, 11) is 0. The number of benzene rings is 2. The van der Waals surface area contributed by atoms with Crippen molar-refractivity contribution in [1.29, 1.82) is 0 Å². The molecule has 110 valence electrons. The second kappa shape index (κ2) is 6.39. The Morgan fingerprint density at radius 2 is 2.10 bits per heavy atom. The molecular formula is C17H16BrClO2. The van der Waals surface area contributed by atoms with Crippen LogP contribution in [0.5, 0.6) is 5.75 Å². The van der Waals surface area contributed by atoms with Crippen LogP contribution in [0.3, 0.4) is 0 Å². The number of aliphatic hydroxyl groups is 1. The summed E-state index contributed by atoms with van der Waals surface area (Å²) >= 11 is 9.38. The minimum absolute atomic E-state index is 0.499. The SMILES string of the molecule is OC(CCc1ccc2c(c1)CCO2)c1ccc(Cl)cc1Br. The summed E-state index contributed by atoms with van der Waals surface area (Å²) in [5, 5.41) is 11.0. The lowest BCUT2D eigenvalue weighted by Gasteiger charge is -2.13. The highest BCUT2D eigenvalue weighted by Crippen LogP contribution is 2.30. The summed E-state index contributed by atoms with van der Waals surface area (Å²) in [6, 6.07) is 11.8. The number of hydrogen-bond donors (Lipinski definition) is 1. The average Bonchev–Trinajstić information content (AvgIpc) is 2.92. The summed E-state index contributed by atoms with van der Waals surface area (Å²) < 4.78 is 6.36. The van der Waals surface area contributed by atoms with Crippen molar-refractivity contribution < 1.29 is 9.84 Å². The van der Waals surface area contributed by atoms with Gasteiger partial charge in [0.25, 0.3) is 0 Å². The molecule has 0 amide bonds. The molecule has 0 bridgehead atoms. The molecule has 1 heterocycles. The van der Waals surface area contributed by atoms with E-state index in [1.807, 2.05) is 18.2 Å². The maximum atomic E-state index is 10.3. The number of rotatable bonds is 4. The van der Waals surface area contributed by atoms with Gasteiger partial charge in [-0.2, -0.15) is 0 Å². The van der Waals surface area contributed by atoms with E-state index in [2.05, 4.69) is 28.1 Å². The molecule has 0 spiro atoms. The standard InChI is InChI=1S/C17H16BrClO2/c18-15-10-13(19)3-4-14(15)16(20)5-1-11-2-6-17-12(9-11)7-8-21-17/h2-4,6,9-10,16,20H,1,5,7-8H2. The molecule has 0 saturated heterocycles. The molecule has 1 atom stereocenters. The van der Waals surface area contributed by atoms with Crippen LogP contribution in [-0.2, 0) is 12.8 Å². The van der Waals surface area contributed by atoms with E-state index in [1.165, 1.54) is 11.1 Å². The van der Waals surface area contributed by atoms with Crippen LogP contribution < -0.4 is 4.74 Å². The Morgan fingerprint density at radius 3 is 2.90 bits per heavy atom. The molecule has 0 aliphatic carbocycles. The summed E-state index contributed by atoms with van der Waals surface area (Å²) in [6.45, 7) is 0.777. The first-order valence-electron chi connectivity index (χ1n) is 7.01. The number of aliphatic hydroxyl groups excluding tert-OH is 1. The zero-order valence-electron chi connectivity index (χ0n) is 11.5. The van der Waals surface area contributed by atoms with E-state index in [9.17, 15) is 5.11 Å². The molecule has 3 rings (SSSR count). The number of fused-ring (bicyclic) bond motifs is 1. The Labute approximate surface area is 137 Å². The van der Waals surface area contributed by atoms with Gasteiger partial charge < -0.3 is 9.84 Å². The van der Waals surface area contributed by atoms with Gasteiger partial charge in [0, 0.05) is 15.9 Å². The highest BCUT2D eigenvalue weighted by atomic mass is 79.9. The molecule has 1 aliphatic heterocycles. The normalized spacial score (nSPS) is 14.6. The second-order valence-electron chi connectivity index (χ2n) is 5.26. The molecule has 4 heteroatoms. The third-order valence-electron chi connectivity index (χ3n) is 3.78. The zero-order chi connectivity index (χ0) is 14.8. The zero-order valence-corrected chi connectivity index (χ0v) is 13.8. The Balaban J connectivity index is 1.67. The predicted octanol–water partition coefficient (Wildman–Crippen LogP) is 4.70. The van der Waals surface area contributed by atoms with Crippen LogP contribution in [0, 0.1) is 0 Å². The molecule has 2 aromatic rings. The van der Waals surface area contributed by atoms with Gasteiger partial charge in [-0.25, -0.2) is 0 Å². The topological polar surface area (TPSA) is 29.5 Å². The molecule has 0 fully saturated rings. The minimum atomic E-state index is -0.499. The van der Waals surface area contributed by atoms with Crippen LogP contribution in [0.25, 0.3) is 0 Å². The maximum absolute atomic E-state index is 10.3. The molecule has 21 heavy (non-hydrogen) atoms. The Bertz CT molecular complexity index is 657. The fourth-order valence-corrected chi connectivity index (χ4v) is 3.57. The van der Waals surface area contributed by atoms with Gasteiger partial charge in [-0.3, -0.25) is 0 Å². The van der Waals surface area contributed by atoms with Crippen LogP contribution >= 0.6 is 27.5 Å². The first-order chi connectivity index (χ1) is 10.1. The minimum Gasteiger partial charge on any atom is -0.493 e. The lowest BCUT2D eigenvalue weighted by Crippen LogP contribution is -2.01. The van der Waals surface area contributed by atoms with Crippen LogP contribution in [0.4, 0.5) is 0 Å². The van der Waals surface area contributed by atoms with E-state index >= 15 is 0 Å². The van der Waals surface area contributed by atoms with E-state index in [-0.39, 0.29) is 0 Å². The van der Waals surface area contributed by atoms with E-state index < -0.39 is 6.10 Å². The third-order valence-corrected chi connectivity index (χ3v) is 4.70. The molecule has 0 saturated carbocycles. The number of ether oxygens (including phenoxy) is 1. The Kier molecular flexibility index (Phi) is 4.53. The van der Waals surface area contributed by atoms with Crippen LogP contribution in [0.15, 0.2) is 40.9 Å². The molecule has 1 N–H and O–H groups in total. The van der Waals surface area contributed by atoms with Crippen molar-refractivity contribution in [1.82, 2.24) is 0 Å². The van der Waals surface area contributed by atoms with Gasteiger partial charge in [0.1, 0.15) is 5.75 Å². The fraction of sp³-hybridized carbons (Fsp3) is 0.294. The van der Waals surface area contributed by atoms with E-state index in [4.69, 9.17) is 16.3 Å². The van der Waals surface area contributed by atoms with Crippen molar-refractivity contribution in [2.45, 2.75) is 25.4 Å². The summed E-state index contributed by atoms with van der Waals surface area (Å²) in [6.07, 6.45) is 2.00. The van der Waals surface area contributed by atoms with Crippen molar-refractivity contribution in [3.8, 4) is 5.75 Å². The van der Waals surface area contributed by atoms with Gasteiger partial charge in [-0.1, -0.05) is 45.7 Å². The molecule has 2 nitrogen and oxygen atoms in total. The lowest BCUT2D eigenvalue weighted by molar-refractivity contribution is 0.167. The number of halogens is 2. The van der Waals surface area contributed by atoms with Crippen LogP contribution in [0.2, 0.25) is 5.02 Å². The Hall–Kier alpha value is -1.03. The largest absolute Gasteiger partial charge is 0.493 e. The monoisotopic (exact) mass is 366 g/mol. The molecule has 2 aromatic carbocycles. The molecule has 1 unspecified atom stereocenters. The lowest BCUT2D eigenvalue weighted by atomic mass is 9.99. The summed E-state index contributed by atoms with van der Waals surface area (Å²) in [4.78, 5) is 0. The van der Waals surface area contributed by atoms with Crippen molar-refractivity contribution in [3.05, 3.63) is 62.6 Å². The third kappa shape index (κ3) is 3.42. The second-order valence-corrected chi connectivity index (χ2v) is 6.55. The van der Waals surface area contributed by atoms with Crippen molar-refractivity contribution in [2.24, 2.45) is 0 Å². The first kappa shape index (κ1) is 14.9. The van der Waals surface area contributed by atoms with E-state index in [1.54, 1.807) is 6.07 Å². The predicted molar refractivity (Wildman–Crippen MR) is 88.1 cm³/mol. The Morgan fingerprint density at radius 1 is 1.24 bits per heavy atom. The van der Waals surface area contributed by atoms with Crippen molar-refractivity contribution >= 4 is 27.5 Å². The summed E-state index contributed by atoms with van der Waals surface area (Å²) in [5.74, 6) is 1.000. The maximum Gasteiger partial charge on any atom is 0.122 e. The van der Waals surface area contributed by atoms with Gasteiger partial charge in [-0.05, 0) is 47.7 Å². The molecule has 1 aliphatic rings. The van der Waals surface area contributed by atoms with E-state index in [0.29, 0.717) is 11.4 Å². The van der Waals surface area contributed by atoms with Gasteiger partial charge in [0.15, 0.2) is 0 Å². The van der Waals surface area contributed by atoms with Gasteiger partial charge in [0.2, 0.25) is 0 Å². The highest BCUT2D eigenvalue weighted by Gasteiger charge is 2.14. The molecular weight excluding hydrogens is 352 g/mol. The van der Waals surface area contributed by atoms with Crippen molar-refractivity contribution in [2.75, 3.05) is 6.61 Å². The van der Waals surface area contributed by atoms with Crippen LogP contribution in [-0.4, -0.2) is 11.7 Å². The highest BCUT2D eigenvalue weighted by molar-refractivity contribution is 9.10. The number of aryl methyl sites for hydroxylation is 1. The molecule has 0 radical (unpaired) electrons. The fourth-order valence-electron chi connectivity index (χ4n) is 2.63. The smallest absolute Gasteiger partial charge is 0.122 e. The molecule has 0 aromatic heterocycles. The van der Waals surface area contributed by atoms with E-state index in [0.717, 1.165) is 35.2 Å². The average molecular weight is 368 g/mol. The number of hydrogen-bond acceptors (Lipinski definition) is 2. The quantitative estimate of drug-likeness (QED) is 0.848. The summed E-state index contributed by atoms with van der Waals surface area (Å²) in [5.41, 5.74) is 3.39. The van der Waals surface area contributed by atoms with Crippen LogP contribution in [0.1, 0.15) is 29.2 Å². The van der Waals surface area contributed by atoms with Crippen molar-refractivity contribution in [3.63, 3.8) is 0 Å². The van der Waals surface area contributed by atoms with Gasteiger partial charge >= 0.3 is 0 Å². The van der Waals surface area contributed by atoms with Gasteiger partial charge in [0.05, 0.1) is 12.7 Å². The first-order valence-corrected chi connectivity index (χ1v) is 8.18.